The van der Waals surface area contributed by atoms with Gasteiger partial charge < -0.3 is 17.1 Å². The number of carboxylic acid groups (broad SMARTS) is 2. The normalized spacial score (nSPS) is 7.17. The number of aliphatic carboxylic acids is 2. The molecule has 0 aliphatic heterocycles. The van der Waals surface area contributed by atoms with E-state index in [9.17, 15) is 9.59 Å². The van der Waals surface area contributed by atoms with Crippen LogP contribution in [-0.4, -0.2) is 22.2 Å². The molecule has 0 amide bonds. The molecule has 0 saturated carbocycles. The van der Waals surface area contributed by atoms with E-state index in [1.54, 1.807) is 0 Å². The molecule has 66 valence electrons. The molecule has 0 aromatic rings. The minimum Gasteiger partial charge on any atom is -0.481 e. The van der Waals surface area contributed by atoms with Crippen molar-refractivity contribution < 1.29 is 38.7 Å². The van der Waals surface area contributed by atoms with Gasteiger partial charge in [-0.25, -0.2) is 0 Å². The summed E-state index contributed by atoms with van der Waals surface area (Å²) in [6.07, 6.45) is 1.47. The molecule has 0 aliphatic rings. The van der Waals surface area contributed by atoms with E-state index in [4.69, 9.17) is 10.2 Å². The quantitative estimate of drug-likeness (QED) is 0.295. The molecule has 4 nitrogen and oxygen atoms in total. The van der Waals surface area contributed by atoms with Gasteiger partial charge in [0.15, 0.2) is 0 Å². The third kappa shape index (κ3) is 33.8. The Morgan fingerprint density at radius 2 is 1.50 bits per heavy atom. The zero-order valence-electron chi connectivity index (χ0n) is 7.54. The number of rotatable bonds is 3. The predicted octanol–water partition coefficient (Wildman–Crippen LogP) is -1.83. The van der Waals surface area contributed by atoms with Gasteiger partial charge in [-0.1, -0.05) is 13.3 Å². The van der Waals surface area contributed by atoms with Crippen LogP contribution >= 0.6 is 0 Å². The van der Waals surface area contributed by atoms with Gasteiger partial charge in [0.2, 0.25) is 0 Å². The molecule has 5 heteroatoms. The molecule has 0 aromatic heterocycles. The molecule has 2 N–H and O–H groups in total. The number of hydrogen-bond donors (Lipinski definition) is 2. The fourth-order valence-corrected chi connectivity index (χ4v) is 0.129. The molecule has 0 bridgehead atoms. The second kappa shape index (κ2) is 13.2. The first-order valence-corrected chi connectivity index (χ1v) is 3.27. The Labute approximate surface area is 84.1 Å². The van der Waals surface area contributed by atoms with Crippen molar-refractivity contribution in [2.24, 2.45) is 0 Å². The molecule has 0 aromatic carbocycles. The average Bonchev–Trinajstić information content (AvgIpc) is 1.85. The molecular formula is C7H13LiO4. The van der Waals surface area contributed by atoms with Crippen LogP contribution in [0.15, 0.2) is 0 Å². The van der Waals surface area contributed by atoms with Crippen molar-refractivity contribution in [3.05, 3.63) is 6.92 Å². The third-order valence-electron chi connectivity index (χ3n) is 0.656. The average molecular weight is 168 g/mol. The summed E-state index contributed by atoms with van der Waals surface area (Å²) >= 11 is 0. The van der Waals surface area contributed by atoms with Crippen LogP contribution in [0.3, 0.4) is 0 Å². The van der Waals surface area contributed by atoms with E-state index in [-0.39, 0.29) is 18.9 Å². The molecule has 0 radical (unpaired) electrons. The van der Waals surface area contributed by atoms with Crippen molar-refractivity contribution in [1.29, 1.82) is 0 Å². The van der Waals surface area contributed by atoms with Gasteiger partial charge in [0.05, 0.1) is 0 Å². The van der Waals surface area contributed by atoms with E-state index in [1.165, 1.54) is 6.42 Å². The number of unbranched alkanes of at least 4 members (excludes halogenated alkanes) is 1. The largest absolute Gasteiger partial charge is 1.00 e. The third-order valence-corrected chi connectivity index (χ3v) is 0.656. The summed E-state index contributed by atoms with van der Waals surface area (Å²) in [6.45, 7) is 5.72. The second-order valence-electron chi connectivity index (χ2n) is 1.82. The van der Waals surface area contributed by atoms with Gasteiger partial charge in [0, 0.05) is 0 Å². The van der Waals surface area contributed by atoms with Crippen molar-refractivity contribution in [3.63, 3.8) is 0 Å². The van der Waals surface area contributed by atoms with Crippen LogP contribution in [0.1, 0.15) is 26.2 Å². The van der Waals surface area contributed by atoms with E-state index < -0.39 is 18.4 Å². The van der Waals surface area contributed by atoms with Crippen LogP contribution in [0.2, 0.25) is 0 Å². The van der Waals surface area contributed by atoms with Gasteiger partial charge in [0.1, 0.15) is 6.42 Å². The molecule has 12 heavy (non-hydrogen) atoms. The first-order chi connectivity index (χ1) is 5.04. The molecule has 0 fully saturated rings. The number of hydrogen-bond acceptors (Lipinski definition) is 2. The van der Waals surface area contributed by atoms with Crippen LogP contribution in [0.25, 0.3) is 0 Å². The topological polar surface area (TPSA) is 74.6 Å². The predicted molar refractivity (Wildman–Crippen MR) is 40.2 cm³/mol. The Kier molecular flexibility index (Phi) is 19.3. The summed E-state index contributed by atoms with van der Waals surface area (Å²) in [5.41, 5.74) is 0. The Balaban J connectivity index is -0.000000142. The van der Waals surface area contributed by atoms with Crippen molar-refractivity contribution >= 4 is 11.9 Å². The first kappa shape index (κ1) is 17.6. The fourth-order valence-electron chi connectivity index (χ4n) is 0.129. The minimum absolute atomic E-state index is 0. The van der Waals surface area contributed by atoms with Gasteiger partial charge in [-0.3, -0.25) is 9.59 Å². The van der Waals surface area contributed by atoms with Crippen LogP contribution in [-0.2, 0) is 9.59 Å². The van der Waals surface area contributed by atoms with E-state index in [2.05, 4.69) is 13.8 Å². The van der Waals surface area contributed by atoms with Gasteiger partial charge in [-0.2, -0.15) is 6.42 Å². The maximum atomic E-state index is 9.43. The molecule has 0 aliphatic carbocycles. The van der Waals surface area contributed by atoms with Crippen molar-refractivity contribution in [2.45, 2.75) is 26.2 Å². The van der Waals surface area contributed by atoms with Crippen LogP contribution in [0, 0.1) is 6.92 Å². The summed E-state index contributed by atoms with van der Waals surface area (Å²) in [5, 5.41) is 15.4. The van der Waals surface area contributed by atoms with E-state index >= 15 is 0 Å². The Bertz CT molecular complexity index is 111. The summed E-state index contributed by atoms with van der Waals surface area (Å²) in [5.74, 6) is -2.62. The molecule has 0 rings (SSSR count). The van der Waals surface area contributed by atoms with Crippen molar-refractivity contribution in [1.82, 2.24) is 0 Å². The van der Waals surface area contributed by atoms with Crippen LogP contribution in [0.4, 0.5) is 0 Å². The number of carboxylic acids is 2. The summed E-state index contributed by atoms with van der Waals surface area (Å²) in [7, 11) is 0. The smallest absolute Gasteiger partial charge is 0.481 e. The molecule has 0 heterocycles. The molecular weight excluding hydrogens is 155 g/mol. The summed E-state index contributed by atoms with van der Waals surface area (Å²) in [4.78, 5) is 18.9. The van der Waals surface area contributed by atoms with Crippen LogP contribution in [0.5, 0.6) is 0 Å². The standard InChI is InChI=1S/C4H9.C3H4O4.Li/c1-3-4-2;4-2(5)1-3(6)7;/h1,3-4H2,2H3;1H2,(H,4,5)(H,6,7);/q-1;;+1. The molecule has 0 atom stereocenters. The number of carbonyl (C=O) groups is 2. The maximum Gasteiger partial charge on any atom is 1.00 e. The Morgan fingerprint density at radius 3 is 1.50 bits per heavy atom. The van der Waals surface area contributed by atoms with Gasteiger partial charge in [0.25, 0.3) is 0 Å². The summed E-state index contributed by atoms with van der Waals surface area (Å²) in [6, 6.07) is 0. The Hall–Kier alpha value is -0.463. The van der Waals surface area contributed by atoms with Gasteiger partial charge >= 0.3 is 30.8 Å². The zero-order chi connectivity index (χ0) is 9.28. The molecule has 0 spiro atoms. The van der Waals surface area contributed by atoms with E-state index in [0.29, 0.717) is 0 Å². The second-order valence-corrected chi connectivity index (χ2v) is 1.82. The van der Waals surface area contributed by atoms with Crippen molar-refractivity contribution in [2.75, 3.05) is 0 Å². The van der Waals surface area contributed by atoms with Gasteiger partial charge in [-0.15, -0.1) is 0 Å². The molecule has 0 saturated heterocycles. The monoisotopic (exact) mass is 168 g/mol. The maximum absolute atomic E-state index is 9.43. The van der Waals surface area contributed by atoms with Gasteiger partial charge in [-0.05, 0) is 0 Å². The van der Waals surface area contributed by atoms with Crippen molar-refractivity contribution in [3.8, 4) is 0 Å². The SMILES string of the molecule is O=C(O)CC(=O)O.[CH2-]CCC.[Li+]. The van der Waals surface area contributed by atoms with E-state index in [0.717, 1.165) is 6.42 Å². The first-order valence-electron chi connectivity index (χ1n) is 3.27. The minimum atomic E-state index is -1.31. The zero-order valence-corrected chi connectivity index (χ0v) is 7.54. The van der Waals surface area contributed by atoms with Crippen LogP contribution < -0.4 is 18.9 Å². The molecule has 0 unspecified atom stereocenters. The fraction of sp³-hybridized carbons (Fsp3) is 0.571. The Morgan fingerprint density at radius 1 is 1.25 bits per heavy atom. The summed E-state index contributed by atoms with van der Waals surface area (Å²) < 4.78 is 0. The van der Waals surface area contributed by atoms with E-state index in [1.807, 2.05) is 0 Å².